The SMILES string of the molecule is Cc1ccc(OCc2c(C)cc(C(=O)N3CCOCC3)cc2C)c(-c2csc(N3C[C@H]4CC[C@@H](C3)C4C(=O)O)n2)c1. The Balaban J connectivity index is 1.18. The van der Waals surface area contributed by atoms with E-state index >= 15 is 0 Å². The van der Waals surface area contributed by atoms with Crippen LogP contribution in [-0.2, 0) is 16.1 Å². The fraction of sp³-hybridized carbons (Fsp3) is 0.469. The lowest BCUT2D eigenvalue weighted by Gasteiger charge is -2.35. The largest absolute Gasteiger partial charge is 0.488 e. The highest BCUT2D eigenvalue weighted by atomic mass is 32.1. The van der Waals surface area contributed by atoms with Gasteiger partial charge in [-0.05, 0) is 86.4 Å². The van der Waals surface area contributed by atoms with E-state index in [1.54, 1.807) is 11.3 Å². The summed E-state index contributed by atoms with van der Waals surface area (Å²) in [5.74, 6) is 0.331. The summed E-state index contributed by atoms with van der Waals surface area (Å²) in [6.45, 7) is 10.4. The number of carboxylic acid groups (broad SMARTS) is 1. The van der Waals surface area contributed by atoms with E-state index < -0.39 is 5.97 Å². The number of carbonyl (C=O) groups is 2. The van der Waals surface area contributed by atoms with Gasteiger partial charge in [0.25, 0.3) is 5.91 Å². The molecule has 2 aromatic carbocycles. The van der Waals surface area contributed by atoms with Gasteiger partial charge >= 0.3 is 5.97 Å². The van der Waals surface area contributed by atoms with Crippen molar-refractivity contribution in [1.82, 2.24) is 9.88 Å². The van der Waals surface area contributed by atoms with Crippen LogP contribution in [0.5, 0.6) is 5.75 Å². The average Bonchev–Trinajstić information content (AvgIpc) is 3.56. The number of aryl methyl sites for hydroxylation is 3. The molecular weight excluding hydrogens is 538 g/mol. The Labute approximate surface area is 244 Å². The van der Waals surface area contributed by atoms with Crippen LogP contribution < -0.4 is 9.64 Å². The van der Waals surface area contributed by atoms with Crippen LogP contribution in [0.4, 0.5) is 5.13 Å². The highest BCUT2D eigenvalue weighted by Crippen LogP contribution is 2.44. The Bertz CT molecular complexity index is 1430. The Morgan fingerprint density at radius 1 is 1.05 bits per heavy atom. The first-order valence-corrected chi connectivity index (χ1v) is 15.3. The van der Waals surface area contributed by atoms with Crippen molar-refractivity contribution >= 4 is 28.3 Å². The number of thiazole rings is 1. The van der Waals surface area contributed by atoms with Gasteiger partial charge in [0.1, 0.15) is 12.4 Å². The summed E-state index contributed by atoms with van der Waals surface area (Å²) < 4.78 is 11.8. The predicted octanol–water partition coefficient (Wildman–Crippen LogP) is 5.33. The minimum absolute atomic E-state index is 0.0484. The molecule has 41 heavy (non-hydrogen) atoms. The minimum atomic E-state index is -0.651. The summed E-state index contributed by atoms with van der Waals surface area (Å²) in [5, 5.41) is 12.7. The van der Waals surface area contributed by atoms with Crippen molar-refractivity contribution in [2.75, 3.05) is 44.3 Å². The van der Waals surface area contributed by atoms with Crippen molar-refractivity contribution in [2.24, 2.45) is 17.8 Å². The zero-order chi connectivity index (χ0) is 28.7. The topological polar surface area (TPSA) is 92.2 Å². The molecule has 1 aliphatic carbocycles. The van der Waals surface area contributed by atoms with E-state index in [1.807, 2.05) is 43.0 Å². The van der Waals surface area contributed by atoms with Gasteiger partial charge in [0.2, 0.25) is 0 Å². The second kappa shape index (κ2) is 11.4. The van der Waals surface area contributed by atoms with Crippen molar-refractivity contribution in [3.8, 4) is 17.0 Å². The van der Waals surface area contributed by atoms with E-state index in [1.165, 1.54) is 0 Å². The van der Waals surface area contributed by atoms with Gasteiger partial charge in [-0.25, -0.2) is 4.98 Å². The fourth-order valence-corrected chi connectivity index (χ4v) is 7.57. The number of hydrogen-bond acceptors (Lipinski definition) is 7. The summed E-state index contributed by atoms with van der Waals surface area (Å²) in [7, 11) is 0. The number of piperidine rings is 1. The molecule has 0 radical (unpaired) electrons. The molecule has 216 valence electrons. The first-order chi connectivity index (χ1) is 19.8. The molecule has 3 heterocycles. The van der Waals surface area contributed by atoms with Crippen molar-refractivity contribution < 1.29 is 24.2 Å². The van der Waals surface area contributed by atoms with E-state index in [0.717, 1.165) is 70.3 Å². The summed E-state index contributed by atoms with van der Waals surface area (Å²) in [6.07, 6.45) is 1.96. The van der Waals surface area contributed by atoms with Crippen LogP contribution in [0.25, 0.3) is 11.3 Å². The zero-order valence-electron chi connectivity index (χ0n) is 23.9. The van der Waals surface area contributed by atoms with Crippen LogP contribution in [-0.4, -0.2) is 66.3 Å². The molecule has 2 bridgehead atoms. The second-order valence-electron chi connectivity index (χ2n) is 11.7. The molecule has 1 N–H and O–H groups in total. The van der Waals surface area contributed by atoms with Crippen LogP contribution in [0.2, 0.25) is 0 Å². The van der Waals surface area contributed by atoms with Crippen molar-refractivity contribution in [3.63, 3.8) is 0 Å². The molecule has 2 saturated heterocycles. The predicted molar refractivity (Wildman–Crippen MR) is 159 cm³/mol. The van der Waals surface area contributed by atoms with Crippen LogP contribution >= 0.6 is 11.3 Å². The first kappa shape index (κ1) is 27.7. The van der Waals surface area contributed by atoms with E-state index in [2.05, 4.69) is 23.3 Å². The van der Waals surface area contributed by atoms with Crippen molar-refractivity contribution in [1.29, 1.82) is 0 Å². The molecule has 1 saturated carbocycles. The Hall–Kier alpha value is -3.43. The van der Waals surface area contributed by atoms with Crippen molar-refractivity contribution in [3.05, 3.63) is 63.5 Å². The van der Waals surface area contributed by atoms with Gasteiger partial charge in [-0.2, -0.15) is 0 Å². The number of benzene rings is 2. The Morgan fingerprint density at radius 3 is 2.39 bits per heavy atom. The third-order valence-corrected chi connectivity index (χ3v) is 9.81. The molecular formula is C32H37N3O5S. The van der Waals surface area contributed by atoms with Gasteiger partial charge in [0.15, 0.2) is 5.13 Å². The number of aliphatic carboxylic acids is 1. The lowest BCUT2D eigenvalue weighted by atomic mass is 9.85. The number of fused-ring (bicyclic) bond motifs is 2. The van der Waals surface area contributed by atoms with Crippen LogP contribution in [0.3, 0.4) is 0 Å². The summed E-state index contributed by atoms with van der Waals surface area (Å²) in [4.78, 5) is 33.9. The number of carbonyl (C=O) groups excluding carboxylic acids is 1. The monoisotopic (exact) mass is 575 g/mol. The third-order valence-electron chi connectivity index (χ3n) is 8.91. The number of amides is 1. The second-order valence-corrected chi connectivity index (χ2v) is 12.5. The highest BCUT2D eigenvalue weighted by Gasteiger charge is 2.46. The first-order valence-electron chi connectivity index (χ1n) is 14.4. The molecule has 2 aliphatic heterocycles. The smallest absolute Gasteiger partial charge is 0.307 e. The maximum atomic E-state index is 13.0. The number of morpholine rings is 1. The average molecular weight is 576 g/mol. The normalized spacial score (nSPS) is 22.2. The number of aromatic nitrogens is 1. The maximum absolute atomic E-state index is 13.0. The Morgan fingerprint density at radius 2 is 1.73 bits per heavy atom. The number of nitrogens with zero attached hydrogens (tertiary/aromatic N) is 3. The van der Waals surface area contributed by atoms with Crippen LogP contribution in [0.15, 0.2) is 35.7 Å². The standard InChI is InChI=1S/C32H37N3O5S/c1-19-4-7-28(40-17-26-20(2)13-24(14-21(26)3)30(36)34-8-10-39-11-9-34)25(12-19)27-18-41-32(33-27)35-15-22-5-6-23(16-35)29(22)31(37)38/h4,7,12-14,18,22-23,29H,5-6,8-11,15-17H2,1-3H3,(H,37,38)/t22-,23+,29?. The number of hydrogen-bond donors (Lipinski definition) is 1. The van der Waals surface area contributed by atoms with Gasteiger partial charge in [0, 0.05) is 42.7 Å². The van der Waals surface area contributed by atoms with E-state index in [4.69, 9.17) is 14.5 Å². The molecule has 9 heteroatoms. The molecule has 1 unspecified atom stereocenters. The highest BCUT2D eigenvalue weighted by molar-refractivity contribution is 7.14. The molecule has 3 aliphatic rings. The molecule has 0 spiro atoms. The number of anilines is 1. The summed E-state index contributed by atoms with van der Waals surface area (Å²) >= 11 is 1.61. The van der Waals surface area contributed by atoms with Gasteiger partial charge < -0.3 is 24.4 Å². The van der Waals surface area contributed by atoms with E-state index in [-0.39, 0.29) is 23.7 Å². The fourth-order valence-electron chi connectivity index (χ4n) is 6.73. The summed E-state index contributed by atoms with van der Waals surface area (Å²) in [5.41, 5.74) is 6.79. The minimum Gasteiger partial charge on any atom is -0.488 e. The molecule has 6 rings (SSSR count). The van der Waals surface area contributed by atoms with Crippen LogP contribution in [0, 0.1) is 38.5 Å². The van der Waals surface area contributed by atoms with Crippen LogP contribution in [0.1, 0.15) is 45.5 Å². The quantitative estimate of drug-likeness (QED) is 0.407. The van der Waals surface area contributed by atoms with Gasteiger partial charge in [-0.15, -0.1) is 11.3 Å². The van der Waals surface area contributed by atoms with Gasteiger partial charge in [0.05, 0.1) is 24.8 Å². The molecule has 8 nitrogen and oxygen atoms in total. The molecule has 1 amide bonds. The molecule has 3 aromatic rings. The number of ether oxygens (including phenoxy) is 2. The number of carboxylic acids is 1. The van der Waals surface area contributed by atoms with Gasteiger partial charge in [-0.3, -0.25) is 9.59 Å². The van der Waals surface area contributed by atoms with E-state index in [9.17, 15) is 14.7 Å². The molecule has 3 atom stereocenters. The molecule has 1 aromatic heterocycles. The molecule has 3 fully saturated rings. The number of rotatable bonds is 7. The summed E-state index contributed by atoms with van der Waals surface area (Å²) in [6, 6.07) is 10.1. The maximum Gasteiger partial charge on any atom is 0.307 e. The zero-order valence-corrected chi connectivity index (χ0v) is 24.7. The van der Waals surface area contributed by atoms with Gasteiger partial charge in [-0.1, -0.05) is 11.6 Å². The van der Waals surface area contributed by atoms with E-state index in [0.29, 0.717) is 38.5 Å². The third kappa shape index (κ3) is 5.57. The van der Waals surface area contributed by atoms with Crippen molar-refractivity contribution in [2.45, 2.75) is 40.2 Å². The lowest BCUT2D eigenvalue weighted by molar-refractivity contribution is -0.144. The Kier molecular flexibility index (Phi) is 7.74. The lowest BCUT2D eigenvalue weighted by Crippen LogP contribution is -2.44.